The Hall–Kier alpha value is -2.62. The van der Waals surface area contributed by atoms with Crippen molar-refractivity contribution in [2.24, 2.45) is 0 Å². The van der Waals surface area contributed by atoms with Crippen molar-refractivity contribution in [3.05, 3.63) is 64.5 Å². The van der Waals surface area contributed by atoms with E-state index in [0.717, 1.165) is 55.5 Å². The van der Waals surface area contributed by atoms with Gasteiger partial charge in [0.1, 0.15) is 12.5 Å². The van der Waals surface area contributed by atoms with Crippen LogP contribution in [0.15, 0.2) is 53.4 Å². The second kappa shape index (κ2) is 7.32. The van der Waals surface area contributed by atoms with Gasteiger partial charge in [0.05, 0.1) is 22.1 Å². The molecular weight excluding hydrogens is 373 g/mol. The van der Waals surface area contributed by atoms with Gasteiger partial charge in [0.25, 0.3) is 15.7 Å². The number of halogens is 3. The number of nitrogens with zero attached hydrogens (tertiary/aromatic N) is 2. The van der Waals surface area contributed by atoms with Gasteiger partial charge >= 0.3 is 0 Å². The van der Waals surface area contributed by atoms with E-state index in [-0.39, 0.29) is 16.3 Å². The largest absolute Gasteiger partial charge is 0.269 e. The van der Waals surface area contributed by atoms with Gasteiger partial charge in [-0.2, -0.15) is 0 Å². The van der Waals surface area contributed by atoms with Crippen LogP contribution in [0.5, 0.6) is 0 Å². The lowest BCUT2D eigenvalue weighted by molar-refractivity contribution is -0.384. The summed E-state index contributed by atoms with van der Waals surface area (Å²) in [5.41, 5.74) is -2.87. The SMILES string of the molecule is CC(F)(CF)CN(c1ccc(F)cc1)S(=O)(=O)c1ccc([N+](=O)[O-])cc1. The first-order valence-electron chi connectivity index (χ1n) is 7.34. The number of benzene rings is 2. The highest BCUT2D eigenvalue weighted by molar-refractivity contribution is 7.92. The second-order valence-corrected chi connectivity index (χ2v) is 7.65. The van der Waals surface area contributed by atoms with Crippen LogP contribution in [-0.4, -0.2) is 32.2 Å². The van der Waals surface area contributed by atoms with E-state index in [2.05, 4.69) is 0 Å². The van der Waals surface area contributed by atoms with E-state index < -0.39 is 39.7 Å². The predicted molar refractivity (Wildman–Crippen MR) is 89.5 cm³/mol. The number of hydrogen-bond acceptors (Lipinski definition) is 4. The molecule has 0 aliphatic carbocycles. The van der Waals surface area contributed by atoms with Crippen molar-refractivity contribution in [2.75, 3.05) is 17.5 Å². The molecule has 1 unspecified atom stereocenters. The predicted octanol–water partition coefficient (Wildman–Crippen LogP) is 3.63. The molecule has 0 bridgehead atoms. The first-order chi connectivity index (χ1) is 12.1. The van der Waals surface area contributed by atoms with Gasteiger partial charge in [0.2, 0.25) is 0 Å². The molecule has 0 saturated carbocycles. The molecule has 0 spiro atoms. The van der Waals surface area contributed by atoms with Crippen LogP contribution >= 0.6 is 0 Å². The van der Waals surface area contributed by atoms with Crippen molar-refractivity contribution in [2.45, 2.75) is 17.5 Å². The summed E-state index contributed by atoms with van der Waals surface area (Å²) in [5, 5.41) is 10.7. The molecule has 0 N–H and O–H groups in total. The molecule has 0 aliphatic heterocycles. The number of sulfonamides is 1. The van der Waals surface area contributed by atoms with E-state index >= 15 is 0 Å². The lowest BCUT2D eigenvalue weighted by atomic mass is 10.1. The Labute approximate surface area is 148 Å². The molecule has 10 heteroatoms. The molecule has 2 rings (SSSR count). The molecule has 0 aliphatic rings. The van der Waals surface area contributed by atoms with Crippen LogP contribution in [0.2, 0.25) is 0 Å². The molecule has 2 aromatic rings. The summed E-state index contributed by atoms with van der Waals surface area (Å²) in [7, 11) is -4.37. The second-order valence-electron chi connectivity index (χ2n) is 5.79. The van der Waals surface area contributed by atoms with E-state index in [9.17, 15) is 31.7 Å². The Morgan fingerprint density at radius 1 is 1.12 bits per heavy atom. The van der Waals surface area contributed by atoms with Gasteiger partial charge in [0.15, 0.2) is 5.67 Å². The average molecular weight is 388 g/mol. The summed E-state index contributed by atoms with van der Waals surface area (Å²) in [6.45, 7) is -1.39. The lowest BCUT2D eigenvalue weighted by Gasteiger charge is -2.29. The topological polar surface area (TPSA) is 80.5 Å². The Morgan fingerprint density at radius 2 is 1.65 bits per heavy atom. The third-order valence-corrected chi connectivity index (χ3v) is 5.29. The Morgan fingerprint density at radius 3 is 2.12 bits per heavy atom. The number of nitro groups is 1. The summed E-state index contributed by atoms with van der Waals surface area (Å²) < 4.78 is 66.6. The fourth-order valence-corrected chi connectivity index (χ4v) is 3.70. The lowest BCUT2D eigenvalue weighted by Crippen LogP contribution is -2.43. The summed E-state index contributed by atoms with van der Waals surface area (Å²) in [4.78, 5) is 9.65. The Balaban J connectivity index is 2.51. The summed E-state index contributed by atoms with van der Waals surface area (Å²) in [5.74, 6) is -0.630. The van der Waals surface area contributed by atoms with E-state index in [1.54, 1.807) is 0 Å². The van der Waals surface area contributed by atoms with Gasteiger partial charge in [-0.25, -0.2) is 21.6 Å². The van der Waals surface area contributed by atoms with Gasteiger partial charge in [-0.05, 0) is 43.3 Å². The van der Waals surface area contributed by atoms with Gasteiger partial charge < -0.3 is 0 Å². The summed E-state index contributed by atoms with van der Waals surface area (Å²) >= 11 is 0. The molecule has 140 valence electrons. The minimum atomic E-state index is -4.37. The van der Waals surface area contributed by atoms with Gasteiger partial charge in [-0.3, -0.25) is 14.4 Å². The van der Waals surface area contributed by atoms with E-state index in [1.807, 2.05) is 0 Å². The summed E-state index contributed by atoms with van der Waals surface area (Å²) in [6, 6.07) is 8.17. The number of rotatable bonds is 7. The molecule has 0 saturated heterocycles. The molecule has 0 heterocycles. The fraction of sp³-hybridized carbons (Fsp3) is 0.250. The van der Waals surface area contributed by atoms with Gasteiger partial charge in [-0.1, -0.05) is 0 Å². The smallest absolute Gasteiger partial charge is 0.263 e. The van der Waals surface area contributed by atoms with Crippen LogP contribution < -0.4 is 4.31 Å². The van der Waals surface area contributed by atoms with E-state index in [0.29, 0.717) is 4.31 Å². The molecule has 2 aromatic carbocycles. The highest BCUT2D eigenvalue weighted by Crippen LogP contribution is 2.28. The van der Waals surface area contributed by atoms with E-state index in [4.69, 9.17) is 0 Å². The fourth-order valence-electron chi connectivity index (χ4n) is 2.13. The van der Waals surface area contributed by atoms with Crippen molar-refractivity contribution in [1.29, 1.82) is 0 Å². The standard InChI is InChI=1S/C16H15F3N2O4S/c1-16(19,10-17)11-20(13-4-2-12(18)3-5-13)26(24,25)15-8-6-14(7-9-15)21(22)23/h2-9H,10-11H2,1H3. The van der Waals surface area contributed by atoms with Crippen LogP contribution in [0, 0.1) is 15.9 Å². The quantitative estimate of drug-likeness (QED) is 0.536. The van der Waals surface area contributed by atoms with Gasteiger partial charge in [-0.15, -0.1) is 0 Å². The highest BCUT2D eigenvalue weighted by Gasteiger charge is 2.34. The summed E-state index contributed by atoms with van der Waals surface area (Å²) in [6.07, 6.45) is 0. The molecule has 6 nitrogen and oxygen atoms in total. The number of non-ortho nitro benzene ring substituents is 1. The zero-order chi connectivity index (χ0) is 19.5. The maximum absolute atomic E-state index is 14.2. The number of nitro benzene ring substituents is 1. The molecule has 0 radical (unpaired) electrons. The molecule has 26 heavy (non-hydrogen) atoms. The Kier molecular flexibility index (Phi) is 5.55. The van der Waals surface area contributed by atoms with Crippen molar-refractivity contribution in [3.8, 4) is 0 Å². The highest BCUT2D eigenvalue weighted by atomic mass is 32.2. The number of alkyl halides is 2. The van der Waals surface area contributed by atoms with Crippen LogP contribution in [0.1, 0.15) is 6.92 Å². The van der Waals surface area contributed by atoms with Gasteiger partial charge in [0, 0.05) is 12.1 Å². The van der Waals surface area contributed by atoms with Crippen LogP contribution in [0.4, 0.5) is 24.5 Å². The van der Waals surface area contributed by atoms with Crippen molar-refractivity contribution in [1.82, 2.24) is 0 Å². The van der Waals surface area contributed by atoms with Crippen molar-refractivity contribution < 1.29 is 26.5 Å². The molecular formula is C16H15F3N2O4S. The number of hydrogen-bond donors (Lipinski definition) is 0. The molecule has 0 aromatic heterocycles. The first-order valence-corrected chi connectivity index (χ1v) is 8.78. The zero-order valence-electron chi connectivity index (χ0n) is 13.6. The maximum atomic E-state index is 14.2. The minimum absolute atomic E-state index is 0.0675. The van der Waals surface area contributed by atoms with Crippen molar-refractivity contribution >= 4 is 21.4 Å². The van der Waals surface area contributed by atoms with Crippen LogP contribution in [-0.2, 0) is 10.0 Å². The third-order valence-electron chi connectivity index (χ3n) is 3.50. The first kappa shape index (κ1) is 19.7. The molecule has 0 amide bonds. The zero-order valence-corrected chi connectivity index (χ0v) is 14.4. The molecule has 0 fully saturated rings. The number of anilines is 1. The molecule has 1 atom stereocenters. The van der Waals surface area contributed by atoms with Crippen LogP contribution in [0.3, 0.4) is 0 Å². The normalized spacial score (nSPS) is 13.8. The third kappa shape index (κ3) is 4.31. The average Bonchev–Trinajstić information content (AvgIpc) is 2.60. The van der Waals surface area contributed by atoms with Crippen LogP contribution in [0.25, 0.3) is 0 Å². The monoisotopic (exact) mass is 388 g/mol. The van der Waals surface area contributed by atoms with Crippen molar-refractivity contribution in [3.63, 3.8) is 0 Å². The Bertz CT molecular complexity index is 885. The minimum Gasteiger partial charge on any atom is -0.263 e. The van der Waals surface area contributed by atoms with E-state index in [1.165, 1.54) is 0 Å². The maximum Gasteiger partial charge on any atom is 0.269 e.